The smallest absolute Gasteiger partial charge is 0.257 e. The first-order chi connectivity index (χ1) is 13.1. The van der Waals surface area contributed by atoms with Crippen LogP contribution in [0.25, 0.3) is 0 Å². The van der Waals surface area contributed by atoms with Crippen molar-refractivity contribution in [2.75, 3.05) is 19.0 Å². The van der Waals surface area contributed by atoms with E-state index >= 15 is 0 Å². The van der Waals surface area contributed by atoms with E-state index in [4.69, 9.17) is 9.47 Å². The molecule has 6 nitrogen and oxygen atoms in total. The van der Waals surface area contributed by atoms with Crippen LogP contribution in [0.3, 0.4) is 0 Å². The highest BCUT2D eigenvalue weighted by Crippen LogP contribution is 2.23. The van der Waals surface area contributed by atoms with Gasteiger partial charge >= 0.3 is 0 Å². The van der Waals surface area contributed by atoms with Crippen molar-refractivity contribution < 1.29 is 14.3 Å². The number of hydrogen-bond donors (Lipinski definition) is 1. The highest BCUT2D eigenvalue weighted by atomic mass is 32.1. The Hall–Kier alpha value is -2.93. The molecule has 0 aliphatic heterocycles. The molecule has 1 heterocycles. The quantitative estimate of drug-likeness (QED) is 0.665. The van der Waals surface area contributed by atoms with Gasteiger partial charge in [0.05, 0.1) is 13.7 Å². The summed E-state index contributed by atoms with van der Waals surface area (Å²) in [5, 5.41) is 12.3. The summed E-state index contributed by atoms with van der Waals surface area (Å²) in [5.74, 6) is 1.37. The number of hydrogen-bond acceptors (Lipinski definition) is 6. The van der Waals surface area contributed by atoms with Crippen molar-refractivity contribution in [1.82, 2.24) is 10.2 Å². The third-order valence-electron chi connectivity index (χ3n) is 3.91. The maximum absolute atomic E-state index is 12.5. The fourth-order valence-electron chi connectivity index (χ4n) is 2.61. The second-order valence-corrected chi connectivity index (χ2v) is 6.96. The lowest BCUT2D eigenvalue weighted by atomic mass is 10.1. The number of rotatable bonds is 7. The zero-order valence-corrected chi connectivity index (χ0v) is 16.3. The Morgan fingerprint density at radius 2 is 2.04 bits per heavy atom. The van der Waals surface area contributed by atoms with Gasteiger partial charge in [0, 0.05) is 12.0 Å². The lowest BCUT2D eigenvalue weighted by Crippen LogP contribution is -2.12. The third-order valence-corrected chi connectivity index (χ3v) is 4.75. The van der Waals surface area contributed by atoms with Crippen LogP contribution >= 0.6 is 11.3 Å². The topological polar surface area (TPSA) is 73.3 Å². The maximum Gasteiger partial charge on any atom is 0.257 e. The summed E-state index contributed by atoms with van der Waals surface area (Å²) < 4.78 is 10.7. The molecule has 0 atom stereocenters. The SMILES string of the molecule is CCOc1ccc(C(=O)Nc2nnc(Cc3cccc(OC)c3)s2)cc1C. The molecule has 3 rings (SSSR count). The number of carbonyl (C=O) groups is 1. The normalized spacial score (nSPS) is 10.5. The summed E-state index contributed by atoms with van der Waals surface area (Å²) in [6.45, 7) is 4.44. The number of aryl methyl sites for hydroxylation is 1. The van der Waals surface area contributed by atoms with E-state index in [-0.39, 0.29) is 5.91 Å². The van der Waals surface area contributed by atoms with E-state index in [9.17, 15) is 4.79 Å². The van der Waals surface area contributed by atoms with Gasteiger partial charge in [0.15, 0.2) is 0 Å². The number of anilines is 1. The van der Waals surface area contributed by atoms with Gasteiger partial charge in [0.25, 0.3) is 5.91 Å². The number of nitrogens with zero attached hydrogens (tertiary/aromatic N) is 2. The summed E-state index contributed by atoms with van der Waals surface area (Å²) >= 11 is 1.36. The molecule has 7 heteroatoms. The van der Waals surface area contributed by atoms with Gasteiger partial charge in [-0.2, -0.15) is 0 Å². The van der Waals surface area contributed by atoms with E-state index in [1.807, 2.05) is 44.2 Å². The lowest BCUT2D eigenvalue weighted by Gasteiger charge is -2.08. The standard InChI is InChI=1S/C20H21N3O3S/c1-4-26-17-9-8-15(10-13(17)2)19(24)21-20-23-22-18(27-20)12-14-6-5-7-16(11-14)25-3/h5-11H,4,12H2,1-3H3,(H,21,23,24). The molecular weight excluding hydrogens is 362 g/mol. The van der Waals surface area contributed by atoms with Crippen molar-refractivity contribution in [1.29, 1.82) is 0 Å². The van der Waals surface area contributed by atoms with E-state index in [0.29, 0.717) is 23.7 Å². The molecule has 1 amide bonds. The van der Waals surface area contributed by atoms with Crippen molar-refractivity contribution in [3.63, 3.8) is 0 Å². The van der Waals surface area contributed by atoms with Crippen molar-refractivity contribution in [2.45, 2.75) is 20.3 Å². The molecule has 0 radical (unpaired) electrons. The van der Waals surface area contributed by atoms with Crippen LogP contribution in [0.4, 0.5) is 5.13 Å². The minimum Gasteiger partial charge on any atom is -0.497 e. The Morgan fingerprint density at radius 1 is 1.19 bits per heavy atom. The van der Waals surface area contributed by atoms with E-state index in [1.165, 1.54) is 11.3 Å². The first-order valence-electron chi connectivity index (χ1n) is 8.59. The minimum absolute atomic E-state index is 0.217. The Kier molecular flexibility index (Phi) is 6.03. The summed E-state index contributed by atoms with van der Waals surface area (Å²) in [4.78, 5) is 12.5. The summed E-state index contributed by atoms with van der Waals surface area (Å²) in [7, 11) is 1.64. The summed E-state index contributed by atoms with van der Waals surface area (Å²) in [6.07, 6.45) is 0.632. The molecule has 3 aromatic rings. The number of ether oxygens (including phenoxy) is 2. The lowest BCUT2D eigenvalue weighted by molar-refractivity contribution is 0.102. The molecule has 0 aliphatic rings. The number of aromatic nitrogens is 2. The molecule has 0 saturated carbocycles. The fraction of sp³-hybridized carbons (Fsp3) is 0.250. The molecule has 27 heavy (non-hydrogen) atoms. The van der Waals surface area contributed by atoms with Gasteiger partial charge < -0.3 is 9.47 Å². The molecule has 0 saturated heterocycles. The Morgan fingerprint density at radius 3 is 2.78 bits per heavy atom. The molecule has 1 aromatic heterocycles. The largest absolute Gasteiger partial charge is 0.497 e. The zero-order valence-electron chi connectivity index (χ0n) is 15.5. The van der Waals surface area contributed by atoms with E-state index in [0.717, 1.165) is 27.6 Å². The van der Waals surface area contributed by atoms with Crippen LogP contribution in [0.5, 0.6) is 11.5 Å². The van der Waals surface area contributed by atoms with Gasteiger partial charge in [0.2, 0.25) is 5.13 Å². The van der Waals surface area contributed by atoms with Gasteiger partial charge in [-0.3, -0.25) is 10.1 Å². The van der Waals surface area contributed by atoms with Gasteiger partial charge in [0.1, 0.15) is 16.5 Å². The Labute approximate surface area is 162 Å². The average Bonchev–Trinajstić information content (AvgIpc) is 3.10. The molecule has 140 valence electrons. The Bertz CT molecular complexity index is 940. The monoisotopic (exact) mass is 383 g/mol. The summed E-state index contributed by atoms with van der Waals surface area (Å²) in [6, 6.07) is 13.2. The van der Waals surface area contributed by atoms with Gasteiger partial charge in [-0.15, -0.1) is 10.2 Å². The number of nitrogens with one attached hydrogen (secondary N) is 1. The predicted octanol–water partition coefficient (Wildman–Crippen LogP) is 4.10. The first kappa shape index (κ1) is 18.8. The van der Waals surface area contributed by atoms with Crippen molar-refractivity contribution in [3.05, 3.63) is 64.2 Å². The molecule has 0 unspecified atom stereocenters. The number of benzene rings is 2. The van der Waals surface area contributed by atoms with E-state index < -0.39 is 0 Å². The first-order valence-corrected chi connectivity index (χ1v) is 9.40. The van der Waals surface area contributed by atoms with Crippen LogP contribution in [-0.4, -0.2) is 29.8 Å². The number of carbonyl (C=O) groups excluding carboxylic acids is 1. The fourth-order valence-corrected chi connectivity index (χ4v) is 3.38. The molecule has 0 bridgehead atoms. The third kappa shape index (κ3) is 4.83. The molecule has 0 spiro atoms. The zero-order chi connectivity index (χ0) is 19.2. The second-order valence-electron chi connectivity index (χ2n) is 5.90. The minimum atomic E-state index is -0.217. The average molecular weight is 383 g/mol. The van der Waals surface area contributed by atoms with Crippen LogP contribution in [0.2, 0.25) is 0 Å². The predicted molar refractivity (Wildman–Crippen MR) is 106 cm³/mol. The molecule has 0 aliphatic carbocycles. The molecule has 2 aromatic carbocycles. The van der Waals surface area contributed by atoms with Gasteiger partial charge in [-0.05, 0) is 55.3 Å². The van der Waals surface area contributed by atoms with Crippen LogP contribution in [0.1, 0.15) is 33.4 Å². The maximum atomic E-state index is 12.5. The van der Waals surface area contributed by atoms with E-state index in [2.05, 4.69) is 15.5 Å². The van der Waals surface area contributed by atoms with Crippen molar-refractivity contribution >= 4 is 22.4 Å². The van der Waals surface area contributed by atoms with Crippen LogP contribution in [0.15, 0.2) is 42.5 Å². The van der Waals surface area contributed by atoms with Gasteiger partial charge in [-0.1, -0.05) is 23.5 Å². The molecule has 0 fully saturated rings. The number of amides is 1. The highest BCUT2D eigenvalue weighted by molar-refractivity contribution is 7.15. The highest BCUT2D eigenvalue weighted by Gasteiger charge is 2.12. The van der Waals surface area contributed by atoms with Crippen molar-refractivity contribution in [2.24, 2.45) is 0 Å². The second kappa shape index (κ2) is 8.64. The van der Waals surface area contributed by atoms with Crippen molar-refractivity contribution in [3.8, 4) is 11.5 Å². The molecular formula is C20H21N3O3S. The summed E-state index contributed by atoms with van der Waals surface area (Å²) in [5.41, 5.74) is 2.55. The molecule has 1 N–H and O–H groups in total. The Balaban J connectivity index is 1.66. The van der Waals surface area contributed by atoms with E-state index in [1.54, 1.807) is 19.2 Å². The van der Waals surface area contributed by atoms with Gasteiger partial charge in [-0.25, -0.2) is 0 Å². The number of methoxy groups -OCH3 is 1. The van der Waals surface area contributed by atoms with Crippen LogP contribution in [-0.2, 0) is 6.42 Å². The van der Waals surface area contributed by atoms with Crippen LogP contribution in [0, 0.1) is 6.92 Å². The van der Waals surface area contributed by atoms with Crippen LogP contribution < -0.4 is 14.8 Å².